The van der Waals surface area contributed by atoms with E-state index in [2.05, 4.69) is 41.5 Å². The molecule has 0 spiro atoms. The number of hydrogen-bond donors (Lipinski definition) is 0. The molecule has 0 atom stereocenters. The van der Waals surface area contributed by atoms with Crippen LogP contribution in [0.2, 0.25) is 0 Å². The van der Waals surface area contributed by atoms with Crippen molar-refractivity contribution < 1.29 is 0 Å². The van der Waals surface area contributed by atoms with Crippen molar-refractivity contribution in [1.29, 1.82) is 0 Å². The second-order valence-electron chi connectivity index (χ2n) is 4.67. The van der Waals surface area contributed by atoms with Crippen molar-refractivity contribution in [3.8, 4) is 11.4 Å². The van der Waals surface area contributed by atoms with Gasteiger partial charge in [-0.2, -0.15) is 0 Å². The van der Waals surface area contributed by atoms with Crippen molar-refractivity contribution >= 4 is 0 Å². The molecule has 0 N–H and O–H groups in total. The zero-order chi connectivity index (χ0) is 12.4. The third-order valence-electron chi connectivity index (χ3n) is 3.42. The number of aromatic nitrogens is 2. The summed E-state index contributed by atoms with van der Waals surface area (Å²) >= 11 is 0. The Labute approximate surface area is 108 Å². The maximum atomic E-state index is 4.43. The van der Waals surface area contributed by atoms with E-state index in [4.69, 9.17) is 0 Å². The molecule has 0 fully saturated rings. The zero-order valence-corrected chi connectivity index (χ0v) is 10.6. The van der Waals surface area contributed by atoms with Crippen LogP contribution in [0.25, 0.3) is 11.4 Å². The van der Waals surface area contributed by atoms with Gasteiger partial charge in [0.25, 0.3) is 0 Å². The van der Waals surface area contributed by atoms with Crippen LogP contribution < -0.4 is 0 Å². The van der Waals surface area contributed by atoms with Crippen LogP contribution in [0, 0.1) is 6.42 Å². The monoisotopic (exact) mass is 236 g/mol. The first-order valence-corrected chi connectivity index (χ1v) is 6.55. The van der Waals surface area contributed by atoms with E-state index >= 15 is 0 Å². The lowest BCUT2D eigenvalue weighted by molar-refractivity contribution is 0.775. The molecule has 90 valence electrons. The Morgan fingerprint density at radius 1 is 1.22 bits per heavy atom. The first-order valence-electron chi connectivity index (χ1n) is 6.55. The highest BCUT2D eigenvalue weighted by Gasteiger charge is 2.11. The molecule has 2 nitrogen and oxygen atoms in total. The SMILES string of the molecule is CCc1cnc(-c2ccc3c(c2)[C]CCC3)nc1. The summed E-state index contributed by atoms with van der Waals surface area (Å²) in [6.07, 6.45) is 11.7. The number of rotatable bonds is 2. The summed E-state index contributed by atoms with van der Waals surface area (Å²) in [6, 6.07) is 6.47. The second-order valence-corrected chi connectivity index (χ2v) is 4.67. The van der Waals surface area contributed by atoms with Crippen molar-refractivity contribution in [2.24, 2.45) is 0 Å². The fourth-order valence-electron chi connectivity index (χ4n) is 2.29. The van der Waals surface area contributed by atoms with E-state index in [0.29, 0.717) is 0 Å². The molecule has 0 saturated carbocycles. The van der Waals surface area contributed by atoms with E-state index in [-0.39, 0.29) is 0 Å². The van der Waals surface area contributed by atoms with Crippen LogP contribution in [0.1, 0.15) is 36.5 Å². The van der Waals surface area contributed by atoms with Crippen molar-refractivity contribution in [2.45, 2.75) is 32.6 Å². The molecule has 1 aromatic carbocycles. The minimum absolute atomic E-state index is 0.808. The van der Waals surface area contributed by atoms with Crippen LogP contribution in [0.5, 0.6) is 0 Å². The molecule has 0 aliphatic heterocycles. The van der Waals surface area contributed by atoms with Crippen LogP contribution in [-0.2, 0) is 12.8 Å². The Balaban J connectivity index is 1.95. The molecule has 0 bridgehead atoms. The fraction of sp³-hybridized carbons (Fsp3) is 0.312. The van der Waals surface area contributed by atoms with E-state index in [1.54, 1.807) is 0 Å². The minimum atomic E-state index is 0.808. The molecule has 1 aliphatic rings. The second kappa shape index (κ2) is 4.89. The van der Waals surface area contributed by atoms with Gasteiger partial charge in [0.1, 0.15) is 0 Å². The van der Waals surface area contributed by atoms with Crippen molar-refractivity contribution in [3.63, 3.8) is 0 Å². The van der Waals surface area contributed by atoms with E-state index in [1.165, 1.54) is 23.1 Å². The summed E-state index contributed by atoms with van der Waals surface area (Å²) in [7, 11) is 0. The maximum Gasteiger partial charge on any atom is 0.159 e. The van der Waals surface area contributed by atoms with Gasteiger partial charge >= 0.3 is 0 Å². The standard InChI is InChI=1S/C16H16N2/c1-2-12-10-17-16(18-11-12)15-8-7-13-5-3-4-6-14(13)9-15/h7-11H,2-5H2,1H3. The number of aryl methyl sites for hydroxylation is 2. The van der Waals surface area contributed by atoms with Gasteiger partial charge in [-0.15, -0.1) is 0 Å². The van der Waals surface area contributed by atoms with Crippen LogP contribution >= 0.6 is 0 Å². The van der Waals surface area contributed by atoms with Crippen molar-refractivity contribution in [3.05, 3.63) is 53.7 Å². The summed E-state index contributed by atoms with van der Waals surface area (Å²) in [4.78, 5) is 8.86. The molecular weight excluding hydrogens is 220 g/mol. The normalized spacial score (nSPS) is 14.3. The minimum Gasteiger partial charge on any atom is -0.236 e. The summed E-state index contributed by atoms with van der Waals surface area (Å²) in [5.74, 6) is 0.808. The van der Waals surface area contributed by atoms with Crippen LogP contribution in [0.4, 0.5) is 0 Å². The molecule has 2 heteroatoms. The first-order chi connectivity index (χ1) is 8.86. The molecular formula is C16H16N2. The summed E-state index contributed by atoms with van der Waals surface area (Å²) in [5.41, 5.74) is 4.90. The topological polar surface area (TPSA) is 25.8 Å². The fourth-order valence-corrected chi connectivity index (χ4v) is 2.29. The Morgan fingerprint density at radius 3 is 2.83 bits per heavy atom. The number of nitrogens with zero attached hydrogens (tertiary/aromatic N) is 2. The number of fused-ring (bicyclic) bond motifs is 1. The lowest BCUT2D eigenvalue weighted by Crippen LogP contribution is -2.01. The zero-order valence-electron chi connectivity index (χ0n) is 10.6. The quantitative estimate of drug-likeness (QED) is 0.798. The largest absolute Gasteiger partial charge is 0.236 e. The van der Waals surface area contributed by atoms with Crippen LogP contribution in [0.15, 0.2) is 30.6 Å². The summed E-state index contributed by atoms with van der Waals surface area (Å²) < 4.78 is 0. The van der Waals surface area contributed by atoms with E-state index < -0.39 is 0 Å². The molecule has 0 unspecified atom stereocenters. The average molecular weight is 236 g/mol. The van der Waals surface area contributed by atoms with Gasteiger partial charge in [-0.25, -0.2) is 9.97 Å². The highest BCUT2D eigenvalue weighted by Crippen LogP contribution is 2.26. The third-order valence-corrected chi connectivity index (χ3v) is 3.42. The molecule has 2 radical (unpaired) electrons. The average Bonchev–Trinajstić information content (AvgIpc) is 2.47. The lowest BCUT2D eigenvalue weighted by Gasteiger charge is -2.15. The predicted molar refractivity (Wildman–Crippen MR) is 72.1 cm³/mol. The van der Waals surface area contributed by atoms with Gasteiger partial charge in [0, 0.05) is 24.4 Å². The molecule has 1 aromatic heterocycles. The predicted octanol–water partition coefficient (Wildman–Crippen LogP) is 3.47. The van der Waals surface area contributed by atoms with Gasteiger partial charge in [-0.1, -0.05) is 19.1 Å². The highest BCUT2D eigenvalue weighted by molar-refractivity contribution is 5.58. The van der Waals surface area contributed by atoms with Gasteiger partial charge < -0.3 is 0 Å². The Bertz CT molecular complexity index is 544. The van der Waals surface area contributed by atoms with Gasteiger partial charge in [0.15, 0.2) is 5.82 Å². The Kier molecular flexibility index (Phi) is 3.09. The molecule has 0 amide bonds. The van der Waals surface area contributed by atoms with Gasteiger partial charge in [-0.3, -0.25) is 0 Å². The van der Waals surface area contributed by atoms with E-state index in [9.17, 15) is 0 Å². The van der Waals surface area contributed by atoms with Gasteiger partial charge in [0.2, 0.25) is 0 Å². The number of benzene rings is 1. The summed E-state index contributed by atoms with van der Waals surface area (Å²) in [5, 5.41) is 0. The first kappa shape index (κ1) is 11.4. The van der Waals surface area contributed by atoms with Crippen LogP contribution in [0.3, 0.4) is 0 Å². The lowest BCUT2D eigenvalue weighted by atomic mass is 9.90. The summed E-state index contributed by atoms with van der Waals surface area (Å²) in [6.45, 7) is 2.11. The van der Waals surface area contributed by atoms with Gasteiger partial charge in [0.05, 0.1) is 0 Å². The third kappa shape index (κ3) is 2.15. The molecule has 1 aliphatic carbocycles. The highest BCUT2D eigenvalue weighted by atomic mass is 14.9. The van der Waals surface area contributed by atoms with E-state index in [1.807, 2.05) is 12.4 Å². The van der Waals surface area contributed by atoms with Crippen LogP contribution in [-0.4, -0.2) is 9.97 Å². The number of hydrogen-bond acceptors (Lipinski definition) is 2. The Hall–Kier alpha value is -1.70. The molecule has 2 aromatic rings. The van der Waals surface area contributed by atoms with Crippen molar-refractivity contribution in [1.82, 2.24) is 9.97 Å². The molecule has 18 heavy (non-hydrogen) atoms. The van der Waals surface area contributed by atoms with Crippen molar-refractivity contribution in [2.75, 3.05) is 0 Å². The molecule has 1 heterocycles. The maximum absolute atomic E-state index is 4.43. The van der Waals surface area contributed by atoms with Gasteiger partial charge in [-0.05, 0) is 48.4 Å². The van der Waals surface area contributed by atoms with E-state index in [0.717, 1.165) is 30.7 Å². The molecule has 3 rings (SSSR count). The molecule has 0 saturated heterocycles. The Morgan fingerprint density at radius 2 is 2.06 bits per heavy atom. The smallest absolute Gasteiger partial charge is 0.159 e.